The standard InChI is InChI=1S/C8H8O4/c1-12-6-3-2-5(4-9)7(10)8(6)11/h2-4,10-11H,1H3/i8+1. The molecular weight excluding hydrogens is 161 g/mol. The van der Waals surface area contributed by atoms with Gasteiger partial charge < -0.3 is 14.9 Å². The first-order valence-electron chi connectivity index (χ1n) is 3.24. The molecule has 0 amide bonds. The molecule has 0 bridgehead atoms. The van der Waals surface area contributed by atoms with Gasteiger partial charge in [0.2, 0.25) is 5.75 Å². The summed E-state index contributed by atoms with van der Waals surface area (Å²) < 4.78 is 4.70. The van der Waals surface area contributed by atoms with E-state index in [1.807, 2.05) is 0 Å². The van der Waals surface area contributed by atoms with Crippen LogP contribution in [0.25, 0.3) is 0 Å². The maximum atomic E-state index is 10.3. The number of methoxy groups -OCH3 is 1. The van der Waals surface area contributed by atoms with Crippen molar-refractivity contribution in [2.24, 2.45) is 0 Å². The lowest BCUT2D eigenvalue weighted by atomic mass is 10.2. The first kappa shape index (κ1) is 8.39. The smallest absolute Gasteiger partial charge is 0.201 e. The van der Waals surface area contributed by atoms with Gasteiger partial charge in [0.1, 0.15) is 0 Å². The van der Waals surface area contributed by atoms with Crippen LogP contribution in [-0.2, 0) is 0 Å². The normalized spacial score (nSPS) is 9.42. The lowest BCUT2D eigenvalue weighted by Crippen LogP contribution is -1.87. The second kappa shape index (κ2) is 3.13. The van der Waals surface area contributed by atoms with E-state index in [0.29, 0.717) is 6.29 Å². The number of hydrogen-bond donors (Lipinski definition) is 2. The van der Waals surface area contributed by atoms with Crippen LogP contribution in [0.5, 0.6) is 17.2 Å². The third kappa shape index (κ3) is 1.18. The molecular formula is C8H8O4. The molecule has 64 valence electrons. The van der Waals surface area contributed by atoms with Gasteiger partial charge in [-0.05, 0) is 12.1 Å². The van der Waals surface area contributed by atoms with Gasteiger partial charge in [0, 0.05) is 0 Å². The summed E-state index contributed by atoms with van der Waals surface area (Å²) in [5.41, 5.74) is 0.0355. The third-order valence-corrected chi connectivity index (χ3v) is 1.49. The molecule has 0 aromatic heterocycles. The van der Waals surface area contributed by atoms with Crippen molar-refractivity contribution >= 4 is 6.29 Å². The van der Waals surface area contributed by atoms with E-state index in [1.165, 1.54) is 19.2 Å². The summed E-state index contributed by atoms with van der Waals surface area (Å²) in [6.45, 7) is 0. The van der Waals surface area contributed by atoms with Crippen LogP contribution in [0.15, 0.2) is 12.1 Å². The molecule has 0 unspecified atom stereocenters. The molecule has 0 fully saturated rings. The van der Waals surface area contributed by atoms with Crippen LogP contribution in [0.1, 0.15) is 10.4 Å². The van der Waals surface area contributed by atoms with Crippen LogP contribution in [0.3, 0.4) is 0 Å². The van der Waals surface area contributed by atoms with E-state index in [2.05, 4.69) is 0 Å². The molecule has 0 spiro atoms. The number of rotatable bonds is 2. The first-order chi connectivity index (χ1) is 5.70. The molecule has 0 radical (unpaired) electrons. The Morgan fingerprint density at radius 1 is 1.33 bits per heavy atom. The SMILES string of the molecule is COc1ccc(C=O)c(O)[13c]1O. The Hall–Kier alpha value is -1.71. The summed E-state index contributed by atoms with van der Waals surface area (Å²) in [5.74, 6) is -0.732. The summed E-state index contributed by atoms with van der Waals surface area (Å²) in [4.78, 5) is 10.3. The van der Waals surface area contributed by atoms with Gasteiger partial charge in [-0.2, -0.15) is 0 Å². The van der Waals surface area contributed by atoms with Crippen molar-refractivity contribution in [1.29, 1.82) is 0 Å². The van der Waals surface area contributed by atoms with Crippen molar-refractivity contribution < 1.29 is 19.7 Å². The fraction of sp³-hybridized carbons (Fsp3) is 0.125. The number of ether oxygens (including phenoxy) is 1. The van der Waals surface area contributed by atoms with E-state index in [0.717, 1.165) is 0 Å². The Morgan fingerprint density at radius 3 is 2.50 bits per heavy atom. The summed E-state index contributed by atoms with van der Waals surface area (Å²) in [7, 11) is 1.36. The van der Waals surface area contributed by atoms with Crippen LogP contribution in [0, 0.1) is 0 Å². The lowest BCUT2D eigenvalue weighted by molar-refractivity contribution is 0.112. The van der Waals surface area contributed by atoms with E-state index in [-0.39, 0.29) is 11.3 Å². The van der Waals surface area contributed by atoms with Gasteiger partial charge in [-0.3, -0.25) is 4.79 Å². The highest BCUT2D eigenvalue weighted by molar-refractivity contribution is 5.81. The number of carbonyl (C=O) groups excluding carboxylic acids is 1. The quantitative estimate of drug-likeness (QED) is 0.510. The first-order valence-corrected chi connectivity index (χ1v) is 3.24. The van der Waals surface area contributed by atoms with E-state index in [4.69, 9.17) is 9.84 Å². The topological polar surface area (TPSA) is 66.8 Å². The summed E-state index contributed by atoms with van der Waals surface area (Å²) in [6.07, 6.45) is 0.453. The maximum absolute atomic E-state index is 10.3. The summed E-state index contributed by atoms with van der Waals surface area (Å²) >= 11 is 0. The highest BCUT2D eigenvalue weighted by atomic mass is 16.5. The van der Waals surface area contributed by atoms with E-state index in [9.17, 15) is 9.90 Å². The monoisotopic (exact) mass is 169 g/mol. The Morgan fingerprint density at radius 2 is 2.00 bits per heavy atom. The molecule has 12 heavy (non-hydrogen) atoms. The van der Waals surface area contributed by atoms with E-state index in [1.54, 1.807) is 0 Å². The van der Waals surface area contributed by atoms with Crippen LogP contribution in [0.2, 0.25) is 0 Å². The molecule has 4 heteroatoms. The predicted molar refractivity (Wildman–Crippen MR) is 41.7 cm³/mol. The minimum atomic E-state index is -0.454. The van der Waals surface area contributed by atoms with Crippen LogP contribution < -0.4 is 4.74 Å². The van der Waals surface area contributed by atoms with Gasteiger partial charge in [-0.15, -0.1) is 0 Å². The fourth-order valence-electron chi connectivity index (χ4n) is 0.837. The highest BCUT2D eigenvalue weighted by Gasteiger charge is 2.10. The molecule has 1 rings (SSSR count). The van der Waals surface area contributed by atoms with Crippen molar-refractivity contribution in [2.75, 3.05) is 7.11 Å². The zero-order valence-electron chi connectivity index (χ0n) is 6.44. The summed E-state index contributed by atoms with van der Waals surface area (Å²) in [5, 5.41) is 18.3. The van der Waals surface area contributed by atoms with Gasteiger partial charge in [0.25, 0.3) is 0 Å². The molecule has 0 aliphatic heterocycles. The molecule has 4 nitrogen and oxygen atoms in total. The molecule has 0 heterocycles. The third-order valence-electron chi connectivity index (χ3n) is 1.49. The number of phenolic OH excluding ortho intramolecular Hbond substituents is 2. The maximum Gasteiger partial charge on any atom is 0.201 e. The molecule has 0 saturated carbocycles. The molecule has 0 aliphatic carbocycles. The van der Waals surface area contributed by atoms with Gasteiger partial charge in [-0.25, -0.2) is 0 Å². The van der Waals surface area contributed by atoms with Gasteiger partial charge in [0.05, 0.1) is 12.7 Å². The van der Waals surface area contributed by atoms with Crippen molar-refractivity contribution in [3.63, 3.8) is 0 Å². The Bertz CT molecular complexity index is 306. The Labute approximate surface area is 69.0 Å². The second-order valence-corrected chi connectivity index (χ2v) is 2.17. The molecule has 0 aliphatic rings. The van der Waals surface area contributed by atoms with Crippen molar-refractivity contribution in [3.8, 4) is 17.2 Å². The van der Waals surface area contributed by atoms with Gasteiger partial charge in [-0.1, -0.05) is 0 Å². The Kier molecular flexibility index (Phi) is 2.19. The average molecular weight is 169 g/mol. The second-order valence-electron chi connectivity index (χ2n) is 2.17. The number of phenols is 2. The van der Waals surface area contributed by atoms with Crippen LogP contribution >= 0.6 is 0 Å². The van der Waals surface area contributed by atoms with Crippen molar-refractivity contribution in [1.82, 2.24) is 0 Å². The number of aromatic hydroxyl groups is 2. The number of hydrogen-bond acceptors (Lipinski definition) is 4. The zero-order valence-corrected chi connectivity index (χ0v) is 6.44. The average Bonchev–Trinajstić information content (AvgIpc) is 2.10. The summed E-state index contributed by atoms with van der Waals surface area (Å²) in [6, 6.07) is 2.76. The molecule has 1 aromatic carbocycles. The van der Waals surface area contributed by atoms with Gasteiger partial charge >= 0.3 is 0 Å². The van der Waals surface area contributed by atoms with Crippen molar-refractivity contribution in [2.45, 2.75) is 0 Å². The van der Waals surface area contributed by atoms with E-state index >= 15 is 0 Å². The zero-order chi connectivity index (χ0) is 9.14. The molecule has 0 saturated heterocycles. The van der Waals surface area contributed by atoms with Gasteiger partial charge in [0.15, 0.2) is 17.8 Å². The highest BCUT2D eigenvalue weighted by Crippen LogP contribution is 2.36. The van der Waals surface area contributed by atoms with Crippen molar-refractivity contribution in [3.05, 3.63) is 17.7 Å². The predicted octanol–water partition coefficient (Wildman–Crippen LogP) is 0.919. The lowest BCUT2D eigenvalue weighted by Gasteiger charge is -2.05. The van der Waals surface area contributed by atoms with E-state index < -0.39 is 11.5 Å². The van der Waals surface area contributed by atoms with Crippen LogP contribution in [0.4, 0.5) is 0 Å². The number of carbonyl (C=O) groups is 1. The molecule has 0 atom stereocenters. The largest absolute Gasteiger partial charge is 0.504 e. The van der Waals surface area contributed by atoms with Crippen LogP contribution in [-0.4, -0.2) is 23.6 Å². The number of aldehydes is 1. The fourth-order valence-corrected chi connectivity index (χ4v) is 0.837. The molecule has 1 aromatic rings. The minimum Gasteiger partial charge on any atom is -0.504 e. The number of benzene rings is 1. The molecule has 2 N–H and O–H groups in total. The Balaban J connectivity index is 3.29. The minimum absolute atomic E-state index is 0.0355.